The average Bonchev–Trinajstić information content (AvgIpc) is 2.43. The highest BCUT2D eigenvalue weighted by Gasteiger charge is 2.10. The quantitative estimate of drug-likeness (QED) is 0.863. The Balaban J connectivity index is 2.43. The lowest BCUT2D eigenvalue weighted by atomic mass is 10.2. The SMILES string of the molecule is CCN(CCO)Cc1nc2ccccc2c(=O)n1C. The van der Waals surface area contributed by atoms with Gasteiger partial charge in [-0.25, -0.2) is 4.98 Å². The molecule has 5 heteroatoms. The van der Waals surface area contributed by atoms with Gasteiger partial charge < -0.3 is 5.11 Å². The zero-order valence-electron chi connectivity index (χ0n) is 11.3. The lowest BCUT2D eigenvalue weighted by Crippen LogP contribution is -2.31. The molecule has 2 rings (SSSR count). The predicted molar refractivity (Wildman–Crippen MR) is 75.0 cm³/mol. The van der Waals surface area contributed by atoms with E-state index in [-0.39, 0.29) is 12.2 Å². The molecule has 0 aliphatic rings. The molecule has 0 fully saturated rings. The Kier molecular flexibility index (Phi) is 4.29. The second kappa shape index (κ2) is 5.95. The maximum absolute atomic E-state index is 12.2. The van der Waals surface area contributed by atoms with Crippen LogP contribution in [0.15, 0.2) is 29.1 Å². The number of hydrogen-bond donors (Lipinski definition) is 1. The Morgan fingerprint density at radius 1 is 1.37 bits per heavy atom. The van der Waals surface area contributed by atoms with Gasteiger partial charge in [-0.2, -0.15) is 0 Å². The van der Waals surface area contributed by atoms with E-state index in [1.54, 1.807) is 17.7 Å². The predicted octanol–water partition coefficient (Wildman–Crippen LogP) is 0.748. The van der Waals surface area contributed by atoms with Crippen molar-refractivity contribution in [2.75, 3.05) is 19.7 Å². The zero-order valence-corrected chi connectivity index (χ0v) is 11.3. The van der Waals surface area contributed by atoms with Crippen molar-refractivity contribution < 1.29 is 5.11 Å². The van der Waals surface area contributed by atoms with Gasteiger partial charge in [0.25, 0.3) is 5.56 Å². The molecule has 1 aromatic heterocycles. The molecule has 102 valence electrons. The van der Waals surface area contributed by atoms with E-state index in [0.29, 0.717) is 18.5 Å². The van der Waals surface area contributed by atoms with Crippen molar-refractivity contribution in [1.29, 1.82) is 0 Å². The van der Waals surface area contributed by atoms with E-state index in [1.165, 1.54) is 0 Å². The molecule has 0 atom stereocenters. The number of aliphatic hydroxyl groups excluding tert-OH is 1. The van der Waals surface area contributed by atoms with Crippen LogP contribution < -0.4 is 5.56 Å². The molecule has 0 radical (unpaired) electrons. The maximum atomic E-state index is 12.2. The molecule has 0 saturated heterocycles. The number of fused-ring (bicyclic) bond motifs is 1. The summed E-state index contributed by atoms with van der Waals surface area (Å²) in [5.74, 6) is 0.721. The Hall–Kier alpha value is -1.72. The van der Waals surface area contributed by atoms with Crippen LogP contribution in [0.5, 0.6) is 0 Å². The van der Waals surface area contributed by atoms with E-state index in [4.69, 9.17) is 5.11 Å². The Bertz CT molecular complexity index is 622. The number of hydrogen-bond acceptors (Lipinski definition) is 4. The van der Waals surface area contributed by atoms with Crippen LogP contribution in [0.1, 0.15) is 12.7 Å². The zero-order chi connectivity index (χ0) is 13.8. The summed E-state index contributed by atoms with van der Waals surface area (Å²) in [6, 6.07) is 7.36. The summed E-state index contributed by atoms with van der Waals surface area (Å²) in [5.41, 5.74) is 0.696. The van der Waals surface area contributed by atoms with Crippen molar-refractivity contribution in [3.8, 4) is 0 Å². The molecule has 5 nitrogen and oxygen atoms in total. The number of benzene rings is 1. The van der Waals surface area contributed by atoms with Gasteiger partial charge in [0.2, 0.25) is 0 Å². The van der Waals surface area contributed by atoms with Gasteiger partial charge in [-0.05, 0) is 18.7 Å². The topological polar surface area (TPSA) is 58.4 Å². The second-order valence-corrected chi connectivity index (χ2v) is 4.50. The van der Waals surface area contributed by atoms with Crippen LogP contribution in [0.3, 0.4) is 0 Å². The van der Waals surface area contributed by atoms with Gasteiger partial charge in [0, 0.05) is 13.6 Å². The normalized spacial score (nSPS) is 11.4. The van der Waals surface area contributed by atoms with Crippen LogP contribution in [0.4, 0.5) is 0 Å². The van der Waals surface area contributed by atoms with Crippen molar-refractivity contribution in [2.24, 2.45) is 7.05 Å². The third kappa shape index (κ3) is 2.83. The fourth-order valence-corrected chi connectivity index (χ4v) is 2.10. The molecule has 0 bridgehead atoms. The smallest absolute Gasteiger partial charge is 0.261 e. The molecule has 0 spiro atoms. The summed E-state index contributed by atoms with van der Waals surface area (Å²) in [5, 5.41) is 9.65. The first-order valence-electron chi connectivity index (χ1n) is 6.45. The van der Waals surface area contributed by atoms with Gasteiger partial charge in [-0.1, -0.05) is 19.1 Å². The summed E-state index contributed by atoms with van der Waals surface area (Å²) in [7, 11) is 1.74. The molecule has 0 aliphatic carbocycles. The summed E-state index contributed by atoms with van der Waals surface area (Å²) >= 11 is 0. The third-order valence-electron chi connectivity index (χ3n) is 3.30. The first kappa shape index (κ1) is 13.7. The lowest BCUT2D eigenvalue weighted by Gasteiger charge is -2.20. The fourth-order valence-electron chi connectivity index (χ4n) is 2.10. The minimum atomic E-state index is -0.0272. The highest BCUT2D eigenvalue weighted by Crippen LogP contribution is 2.08. The van der Waals surface area contributed by atoms with Gasteiger partial charge in [-0.3, -0.25) is 14.3 Å². The van der Waals surface area contributed by atoms with Crippen molar-refractivity contribution in [2.45, 2.75) is 13.5 Å². The summed E-state index contributed by atoms with van der Waals surface area (Å²) in [6.07, 6.45) is 0. The molecule has 2 aromatic rings. The number of rotatable bonds is 5. The number of aliphatic hydroxyl groups is 1. The van der Waals surface area contributed by atoms with Crippen molar-refractivity contribution in [1.82, 2.24) is 14.5 Å². The summed E-state index contributed by atoms with van der Waals surface area (Å²) in [6.45, 7) is 4.08. The van der Waals surface area contributed by atoms with Gasteiger partial charge >= 0.3 is 0 Å². The number of likely N-dealkylation sites (N-methyl/N-ethyl adjacent to an activating group) is 1. The van der Waals surface area contributed by atoms with E-state index in [2.05, 4.69) is 9.88 Å². The Morgan fingerprint density at radius 3 is 2.79 bits per heavy atom. The van der Waals surface area contributed by atoms with Crippen LogP contribution in [0.2, 0.25) is 0 Å². The van der Waals surface area contributed by atoms with E-state index in [1.807, 2.05) is 25.1 Å². The molecule has 0 aliphatic heterocycles. The van der Waals surface area contributed by atoms with Crippen LogP contribution in [0, 0.1) is 0 Å². The first-order valence-corrected chi connectivity index (χ1v) is 6.45. The lowest BCUT2D eigenvalue weighted by molar-refractivity contribution is 0.192. The van der Waals surface area contributed by atoms with E-state index >= 15 is 0 Å². The highest BCUT2D eigenvalue weighted by molar-refractivity contribution is 5.77. The fraction of sp³-hybridized carbons (Fsp3) is 0.429. The second-order valence-electron chi connectivity index (χ2n) is 4.50. The van der Waals surface area contributed by atoms with Crippen LogP contribution >= 0.6 is 0 Å². The average molecular weight is 261 g/mol. The van der Waals surface area contributed by atoms with Gasteiger partial charge in [0.15, 0.2) is 0 Å². The summed E-state index contributed by atoms with van der Waals surface area (Å²) in [4.78, 5) is 18.8. The van der Waals surface area contributed by atoms with Gasteiger partial charge in [-0.15, -0.1) is 0 Å². The Morgan fingerprint density at radius 2 is 2.11 bits per heavy atom. The molecular weight excluding hydrogens is 242 g/mol. The number of para-hydroxylation sites is 1. The van der Waals surface area contributed by atoms with E-state index in [9.17, 15) is 4.79 Å². The highest BCUT2D eigenvalue weighted by atomic mass is 16.3. The summed E-state index contributed by atoms with van der Waals surface area (Å²) < 4.78 is 1.59. The number of aromatic nitrogens is 2. The van der Waals surface area contributed by atoms with E-state index in [0.717, 1.165) is 17.9 Å². The number of nitrogens with zero attached hydrogens (tertiary/aromatic N) is 3. The maximum Gasteiger partial charge on any atom is 0.261 e. The third-order valence-corrected chi connectivity index (χ3v) is 3.30. The van der Waals surface area contributed by atoms with Crippen LogP contribution in [-0.4, -0.2) is 39.3 Å². The molecule has 19 heavy (non-hydrogen) atoms. The van der Waals surface area contributed by atoms with E-state index < -0.39 is 0 Å². The van der Waals surface area contributed by atoms with Gasteiger partial charge in [0.1, 0.15) is 5.82 Å². The van der Waals surface area contributed by atoms with Gasteiger partial charge in [0.05, 0.1) is 24.1 Å². The molecule has 0 amide bonds. The first-order chi connectivity index (χ1) is 9.17. The van der Waals surface area contributed by atoms with Crippen molar-refractivity contribution >= 4 is 10.9 Å². The van der Waals surface area contributed by atoms with Crippen LogP contribution in [0.25, 0.3) is 10.9 Å². The molecule has 1 N–H and O–H groups in total. The molecule has 0 unspecified atom stereocenters. The molecule has 0 saturated carbocycles. The van der Waals surface area contributed by atoms with Crippen LogP contribution in [-0.2, 0) is 13.6 Å². The Labute approximate surface area is 112 Å². The largest absolute Gasteiger partial charge is 0.395 e. The minimum absolute atomic E-state index is 0.0272. The standard InChI is InChI=1S/C14H19N3O2/c1-3-17(8-9-18)10-13-15-12-7-5-4-6-11(12)14(19)16(13)2/h4-7,18H,3,8-10H2,1-2H3. The minimum Gasteiger partial charge on any atom is -0.395 e. The monoisotopic (exact) mass is 261 g/mol. The van der Waals surface area contributed by atoms with Crippen molar-refractivity contribution in [3.05, 3.63) is 40.4 Å². The molecule has 1 aromatic carbocycles. The molecular formula is C14H19N3O2. The molecule has 1 heterocycles. The van der Waals surface area contributed by atoms with Crippen molar-refractivity contribution in [3.63, 3.8) is 0 Å².